The van der Waals surface area contributed by atoms with Gasteiger partial charge in [0.2, 0.25) is 11.8 Å². The highest BCUT2D eigenvalue weighted by Crippen LogP contribution is 2.51. The van der Waals surface area contributed by atoms with E-state index in [0.717, 1.165) is 0 Å². The van der Waals surface area contributed by atoms with Gasteiger partial charge >= 0.3 is 12.1 Å². The predicted molar refractivity (Wildman–Crippen MR) is 130 cm³/mol. The zero-order valence-electron chi connectivity index (χ0n) is 19.9. The molecule has 0 spiro atoms. The average Bonchev–Trinajstić information content (AvgIpc) is 3.63. The van der Waals surface area contributed by atoms with Crippen LogP contribution in [0.3, 0.4) is 0 Å². The Morgan fingerprint density at radius 3 is 2.00 bits per heavy atom. The summed E-state index contributed by atoms with van der Waals surface area (Å²) in [6, 6.07) is 10.6. The molecule has 1 aliphatic rings. The second-order valence-electron chi connectivity index (χ2n) is 8.74. The van der Waals surface area contributed by atoms with Gasteiger partial charge in [0.15, 0.2) is 0 Å². The molecule has 0 saturated heterocycles. The topological polar surface area (TPSA) is 146 Å². The number of hydrogen-bond donors (Lipinski definition) is 5. The van der Waals surface area contributed by atoms with Crippen molar-refractivity contribution < 1.29 is 36.0 Å². The lowest BCUT2D eigenvalue weighted by Crippen LogP contribution is -2.40. The molecule has 0 bridgehead atoms. The number of alkyl halides is 3. The Bertz CT molecular complexity index is 1260. The van der Waals surface area contributed by atoms with Crippen LogP contribution < -0.4 is 26.2 Å². The third-order valence-corrected chi connectivity index (χ3v) is 7.26. The van der Waals surface area contributed by atoms with E-state index in [1.165, 1.54) is 54.0 Å². The van der Waals surface area contributed by atoms with Crippen molar-refractivity contribution in [3.63, 3.8) is 0 Å². The Hall–Kier alpha value is -3.81. The highest BCUT2D eigenvalue weighted by Gasteiger charge is 2.51. The minimum atomic E-state index is -5.05. The van der Waals surface area contributed by atoms with E-state index in [1.54, 1.807) is 14.0 Å². The fraction of sp³-hybridized carbons (Fsp3) is 0.348. The number of sulfonamides is 1. The normalized spacial score (nSPS) is 15.2. The number of hydrogen-bond acceptors (Lipinski definition) is 6. The Morgan fingerprint density at radius 2 is 1.49 bits per heavy atom. The maximum absolute atomic E-state index is 12.8. The minimum absolute atomic E-state index is 0.0838. The molecule has 0 aromatic heterocycles. The van der Waals surface area contributed by atoms with Gasteiger partial charge in [-0.3, -0.25) is 30.0 Å². The molecular formula is C23H26F3N5O5S. The molecule has 3 amide bonds. The molecule has 3 rings (SSSR count). The van der Waals surface area contributed by atoms with E-state index >= 15 is 0 Å². The summed E-state index contributed by atoms with van der Waals surface area (Å²) < 4.78 is 64.4. The second-order valence-corrected chi connectivity index (χ2v) is 10.4. The molecule has 2 aromatic rings. The number of halogens is 3. The molecule has 0 radical (unpaired) electrons. The molecule has 10 nitrogen and oxygen atoms in total. The van der Waals surface area contributed by atoms with Crippen molar-refractivity contribution in [2.75, 3.05) is 22.5 Å². The zero-order chi connectivity index (χ0) is 27.4. The van der Waals surface area contributed by atoms with Crippen molar-refractivity contribution in [1.82, 2.24) is 10.7 Å². The lowest BCUT2D eigenvalue weighted by Gasteiger charge is -2.19. The number of anilines is 3. The average molecular weight is 542 g/mol. The molecule has 0 heterocycles. The number of nitrogens with one attached hydrogen (secondary N) is 5. The number of carbonyl (C=O) groups is 3. The van der Waals surface area contributed by atoms with Gasteiger partial charge in [-0.1, -0.05) is 6.92 Å². The first-order valence-electron chi connectivity index (χ1n) is 11.1. The van der Waals surface area contributed by atoms with Crippen LogP contribution in [0.4, 0.5) is 30.2 Å². The van der Waals surface area contributed by atoms with E-state index in [2.05, 4.69) is 20.8 Å². The van der Waals surface area contributed by atoms with Gasteiger partial charge < -0.3 is 10.6 Å². The summed E-state index contributed by atoms with van der Waals surface area (Å²) >= 11 is 0. The first-order valence-corrected chi connectivity index (χ1v) is 12.6. The molecule has 2 aromatic carbocycles. The van der Waals surface area contributed by atoms with Gasteiger partial charge in [0, 0.05) is 24.3 Å². The van der Waals surface area contributed by atoms with Crippen LogP contribution in [0.1, 0.15) is 26.2 Å². The van der Waals surface area contributed by atoms with Gasteiger partial charge in [-0.05, 0) is 67.8 Å². The standard InChI is InChI=1S/C23H26F3N5O5S/c1-14(19(32)27-2)13-22(11-12-22)20(33)28-15-7-9-18(10-8-15)37(35,36)31-17-5-3-16(4-6-17)29-30-21(34)23(24,25)26/h3-10,14,29,31H,11-13H2,1-2H3,(H,27,32)(H,28,33)(H,30,34). The van der Waals surface area contributed by atoms with Crippen molar-refractivity contribution >= 4 is 44.8 Å². The molecule has 1 aliphatic carbocycles. The molecule has 1 unspecified atom stereocenters. The maximum Gasteiger partial charge on any atom is 0.472 e. The Balaban J connectivity index is 1.58. The molecule has 37 heavy (non-hydrogen) atoms. The van der Waals surface area contributed by atoms with E-state index < -0.39 is 27.5 Å². The first-order chi connectivity index (χ1) is 17.3. The van der Waals surface area contributed by atoms with E-state index in [9.17, 15) is 36.0 Å². The third kappa shape index (κ3) is 7.12. The van der Waals surface area contributed by atoms with Crippen LogP contribution in [0.25, 0.3) is 0 Å². The second kappa shape index (κ2) is 10.7. The van der Waals surface area contributed by atoms with Crippen LogP contribution >= 0.6 is 0 Å². The summed E-state index contributed by atoms with van der Waals surface area (Å²) in [6.07, 6.45) is -3.30. The van der Waals surface area contributed by atoms with Crippen LogP contribution in [0.5, 0.6) is 0 Å². The summed E-state index contributed by atoms with van der Waals surface area (Å²) in [7, 11) is -2.47. The minimum Gasteiger partial charge on any atom is -0.359 e. The predicted octanol–water partition coefficient (Wildman–Crippen LogP) is 2.98. The number of amides is 3. The van der Waals surface area contributed by atoms with Gasteiger partial charge in [-0.2, -0.15) is 13.2 Å². The number of carbonyl (C=O) groups excluding carboxylic acids is 3. The Kier molecular flexibility index (Phi) is 8.00. The highest BCUT2D eigenvalue weighted by molar-refractivity contribution is 7.92. The molecular weight excluding hydrogens is 515 g/mol. The number of benzene rings is 2. The lowest BCUT2D eigenvalue weighted by atomic mass is 9.91. The fourth-order valence-corrected chi connectivity index (χ4v) is 4.68. The largest absolute Gasteiger partial charge is 0.472 e. The quantitative estimate of drug-likeness (QED) is 0.293. The fourth-order valence-electron chi connectivity index (χ4n) is 3.62. The van der Waals surface area contributed by atoms with Gasteiger partial charge in [0.1, 0.15) is 0 Å². The number of rotatable bonds is 10. The Labute approximate surface area is 211 Å². The molecule has 14 heteroatoms. The van der Waals surface area contributed by atoms with Gasteiger partial charge in [-0.25, -0.2) is 8.42 Å². The van der Waals surface area contributed by atoms with Crippen molar-refractivity contribution in [3.8, 4) is 0 Å². The Morgan fingerprint density at radius 1 is 0.946 bits per heavy atom. The van der Waals surface area contributed by atoms with Gasteiger partial charge in [0.25, 0.3) is 10.0 Å². The smallest absolute Gasteiger partial charge is 0.359 e. The first kappa shape index (κ1) is 27.8. The van der Waals surface area contributed by atoms with Crippen molar-refractivity contribution in [2.24, 2.45) is 11.3 Å². The van der Waals surface area contributed by atoms with Gasteiger partial charge in [-0.15, -0.1) is 0 Å². The van der Waals surface area contributed by atoms with Crippen LogP contribution in [-0.4, -0.2) is 39.4 Å². The van der Waals surface area contributed by atoms with E-state index in [0.29, 0.717) is 24.9 Å². The van der Waals surface area contributed by atoms with Crippen molar-refractivity contribution in [1.29, 1.82) is 0 Å². The lowest BCUT2D eigenvalue weighted by molar-refractivity contribution is -0.173. The SMILES string of the molecule is CNC(=O)C(C)CC1(C(=O)Nc2ccc(S(=O)(=O)Nc3ccc(NNC(=O)C(F)(F)F)cc3)cc2)CC1. The van der Waals surface area contributed by atoms with Crippen LogP contribution in [0, 0.1) is 11.3 Å². The summed E-state index contributed by atoms with van der Waals surface area (Å²) in [5, 5.41) is 5.35. The molecule has 1 atom stereocenters. The molecule has 0 aliphatic heterocycles. The van der Waals surface area contributed by atoms with Crippen molar-refractivity contribution in [2.45, 2.75) is 37.3 Å². The summed E-state index contributed by atoms with van der Waals surface area (Å²) in [5.41, 5.74) is 3.57. The monoisotopic (exact) mass is 541 g/mol. The van der Waals surface area contributed by atoms with E-state index in [-0.39, 0.29) is 34.0 Å². The summed E-state index contributed by atoms with van der Waals surface area (Å²) in [6.45, 7) is 1.76. The number of hydrazine groups is 1. The summed E-state index contributed by atoms with van der Waals surface area (Å²) in [4.78, 5) is 35.3. The highest BCUT2D eigenvalue weighted by atomic mass is 32.2. The van der Waals surface area contributed by atoms with Crippen LogP contribution in [-0.2, 0) is 24.4 Å². The molecule has 5 N–H and O–H groups in total. The maximum atomic E-state index is 12.8. The molecule has 1 fully saturated rings. The third-order valence-electron chi connectivity index (χ3n) is 5.86. The van der Waals surface area contributed by atoms with Crippen molar-refractivity contribution in [3.05, 3.63) is 48.5 Å². The molecule has 1 saturated carbocycles. The summed E-state index contributed by atoms with van der Waals surface area (Å²) in [5.74, 6) is -2.86. The van der Waals surface area contributed by atoms with E-state index in [4.69, 9.17) is 0 Å². The van der Waals surface area contributed by atoms with Crippen LogP contribution in [0.15, 0.2) is 53.4 Å². The zero-order valence-corrected chi connectivity index (χ0v) is 20.7. The van der Waals surface area contributed by atoms with E-state index in [1.807, 2.05) is 0 Å². The van der Waals surface area contributed by atoms with Gasteiger partial charge in [0.05, 0.1) is 16.0 Å². The molecule has 200 valence electrons. The van der Waals surface area contributed by atoms with Crippen LogP contribution in [0.2, 0.25) is 0 Å².